The first-order valence-electron chi connectivity index (χ1n) is 7.82. The highest BCUT2D eigenvalue weighted by Crippen LogP contribution is 2.18. The van der Waals surface area contributed by atoms with Gasteiger partial charge in [0.1, 0.15) is 0 Å². The number of hydrogen-bond donors (Lipinski definition) is 2. The van der Waals surface area contributed by atoms with Gasteiger partial charge in [-0.2, -0.15) is 0 Å². The number of nitrogens with zero attached hydrogens (tertiary/aromatic N) is 1. The minimum atomic E-state index is -0.105. The smallest absolute Gasteiger partial charge is 0.243 e. The van der Waals surface area contributed by atoms with Crippen molar-refractivity contribution < 1.29 is 9.59 Å². The van der Waals surface area contributed by atoms with Crippen molar-refractivity contribution in [1.82, 2.24) is 0 Å². The van der Waals surface area contributed by atoms with Crippen molar-refractivity contribution in [2.24, 2.45) is 0 Å². The van der Waals surface area contributed by atoms with Gasteiger partial charge >= 0.3 is 0 Å². The zero-order chi connectivity index (χ0) is 17.7. The molecule has 0 aliphatic carbocycles. The third-order valence-electron chi connectivity index (χ3n) is 3.84. The molecule has 0 saturated carbocycles. The number of carbonyl (C=O) groups is 2. The molecule has 2 amide bonds. The molecule has 0 heterocycles. The summed E-state index contributed by atoms with van der Waals surface area (Å²) < 4.78 is 0. The highest BCUT2D eigenvalue weighted by molar-refractivity contribution is 5.94. The van der Waals surface area contributed by atoms with Crippen LogP contribution in [0.5, 0.6) is 0 Å². The number of carbonyl (C=O) groups excluding carboxylic acids is 2. The second-order valence-electron chi connectivity index (χ2n) is 5.85. The van der Waals surface area contributed by atoms with E-state index in [0.717, 1.165) is 22.6 Å². The number of nitrogens with one attached hydrogen (secondary N) is 2. The molecule has 2 aromatic rings. The molecule has 0 unspecified atom stereocenters. The molecule has 0 bridgehead atoms. The number of benzene rings is 2. The predicted molar refractivity (Wildman–Crippen MR) is 98.6 cm³/mol. The molecule has 0 aliphatic rings. The van der Waals surface area contributed by atoms with Crippen molar-refractivity contribution in [3.63, 3.8) is 0 Å². The third kappa shape index (κ3) is 4.59. The fourth-order valence-electron chi connectivity index (χ4n) is 2.32. The zero-order valence-electron chi connectivity index (χ0n) is 14.5. The van der Waals surface area contributed by atoms with Crippen LogP contribution in [0.1, 0.15) is 18.1 Å². The SMILES string of the molecule is CC(=O)N(C)c1ccc(NCC(=O)Nc2ccc(C)cc2C)cc1. The van der Waals surface area contributed by atoms with E-state index in [4.69, 9.17) is 0 Å². The molecule has 5 heteroatoms. The summed E-state index contributed by atoms with van der Waals surface area (Å²) in [6.07, 6.45) is 0. The maximum Gasteiger partial charge on any atom is 0.243 e. The van der Waals surface area contributed by atoms with Crippen LogP contribution >= 0.6 is 0 Å². The van der Waals surface area contributed by atoms with E-state index in [1.165, 1.54) is 12.5 Å². The fourth-order valence-corrected chi connectivity index (χ4v) is 2.32. The van der Waals surface area contributed by atoms with E-state index in [2.05, 4.69) is 10.6 Å². The molecule has 2 N–H and O–H groups in total. The molecule has 0 fully saturated rings. The molecule has 0 saturated heterocycles. The summed E-state index contributed by atoms with van der Waals surface area (Å²) in [5, 5.41) is 5.97. The van der Waals surface area contributed by atoms with Gasteiger partial charge in [-0.15, -0.1) is 0 Å². The topological polar surface area (TPSA) is 61.4 Å². The Kier molecular flexibility index (Phi) is 5.58. The molecule has 0 aliphatic heterocycles. The van der Waals surface area contributed by atoms with E-state index in [9.17, 15) is 9.59 Å². The molecule has 0 aromatic heterocycles. The summed E-state index contributed by atoms with van der Waals surface area (Å²) in [4.78, 5) is 25.0. The zero-order valence-corrected chi connectivity index (χ0v) is 14.5. The minimum Gasteiger partial charge on any atom is -0.376 e. The van der Waals surface area contributed by atoms with Crippen LogP contribution in [0, 0.1) is 13.8 Å². The average molecular weight is 325 g/mol. The Hall–Kier alpha value is -2.82. The van der Waals surface area contributed by atoms with Crippen molar-refractivity contribution >= 4 is 28.9 Å². The van der Waals surface area contributed by atoms with Gasteiger partial charge in [0.05, 0.1) is 6.54 Å². The van der Waals surface area contributed by atoms with Gasteiger partial charge in [0.2, 0.25) is 11.8 Å². The molecule has 0 atom stereocenters. The first-order chi connectivity index (χ1) is 11.4. The van der Waals surface area contributed by atoms with E-state index in [0.29, 0.717) is 0 Å². The van der Waals surface area contributed by atoms with Crippen molar-refractivity contribution in [3.8, 4) is 0 Å². The van der Waals surface area contributed by atoms with Gasteiger partial charge in [0.25, 0.3) is 0 Å². The van der Waals surface area contributed by atoms with Crippen molar-refractivity contribution in [2.45, 2.75) is 20.8 Å². The number of rotatable bonds is 5. The van der Waals surface area contributed by atoms with Crippen LogP contribution in [0.4, 0.5) is 17.1 Å². The summed E-state index contributed by atoms with van der Waals surface area (Å²) in [6, 6.07) is 13.3. The molecule has 0 radical (unpaired) electrons. The van der Waals surface area contributed by atoms with E-state index in [-0.39, 0.29) is 18.4 Å². The summed E-state index contributed by atoms with van der Waals surface area (Å²) in [7, 11) is 1.72. The Morgan fingerprint density at radius 2 is 1.71 bits per heavy atom. The van der Waals surface area contributed by atoms with Crippen LogP contribution in [-0.4, -0.2) is 25.4 Å². The minimum absolute atomic E-state index is 0.0245. The highest BCUT2D eigenvalue weighted by atomic mass is 16.2. The molecule has 2 rings (SSSR count). The van der Waals surface area contributed by atoms with Crippen molar-refractivity contribution in [3.05, 3.63) is 53.6 Å². The molecule has 126 valence electrons. The lowest BCUT2D eigenvalue weighted by Gasteiger charge is -2.15. The largest absolute Gasteiger partial charge is 0.376 e. The number of hydrogen-bond acceptors (Lipinski definition) is 3. The van der Waals surface area contributed by atoms with Gasteiger partial charge in [-0.3, -0.25) is 9.59 Å². The quantitative estimate of drug-likeness (QED) is 0.886. The lowest BCUT2D eigenvalue weighted by molar-refractivity contribution is -0.116. The van der Waals surface area contributed by atoms with E-state index in [1.807, 2.05) is 56.3 Å². The summed E-state index contributed by atoms with van der Waals surface area (Å²) in [5.41, 5.74) is 4.67. The lowest BCUT2D eigenvalue weighted by atomic mass is 10.1. The molecule has 5 nitrogen and oxygen atoms in total. The van der Waals surface area contributed by atoms with Crippen molar-refractivity contribution in [2.75, 3.05) is 29.1 Å². The van der Waals surface area contributed by atoms with Gasteiger partial charge in [0.15, 0.2) is 0 Å². The summed E-state index contributed by atoms with van der Waals surface area (Å²) in [6.45, 7) is 5.69. The first-order valence-corrected chi connectivity index (χ1v) is 7.82. The lowest BCUT2D eigenvalue weighted by Crippen LogP contribution is -2.23. The summed E-state index contributed by atoms with van der Waals surface area (Å²) >= 11 is 0. The molecular formula is C19H23N3O2. The van der Waals surface area contributed by atoms with Crippen molar-refractivity contribution in [1.29, 1.82) is 0 Å². The van der Waals surface area contributed by atoms with Crippen LogP contribution in [0.3, 0.4) is 0 Å². The Labute approximate surface area is 142 Å². The average Bonchev–Trinajstić information content (AvgIpc) is 2.55. The van der Waals surface area contributed by atoms with Gasteiger partial charge in [-0.1, -0.05) is 17.7 Å². The van der Waals surface area contributed by atoms with Crippen LogP contribution in [-0.2, 0) is 9.59 Å². The maximum absolute atomic E-state index is 12.1. The van der Waals surface area contributed by atoms with E-state index in [1.54, 1.807) is 11.9 Å². The normalized spacial score (nSPS) is 10.2. The van der Waals surface area contributed by atoms with Crippen LogP contribution < -0.4 is 15.5 Å². The molecular weight excluding hydrogens is 302 g/mol. The Morgan fingerprint density at radius 3 is 2.29 bits per heavy atom. The third-order valence-corrected chi connectivity index (χ3v) is 3.84. The predicted octanol–water partition coefficient (Wildman–Crippen LogP) is 3.34. The van der Waals surface area contributed by atoms with Gasteiger partial charge in [0, 0.05) is 31.0 Å². The molecule has 24 heavy (non-hydrogen) atoms. The first kappa shape index (κ1) is 17.5. The second-order valence-corrected chi connectivity index (χ2v) is 5.85. The Balaban J connectivity index is 1.90. The highest BCUT2D eigenvalue weighted by Gasteiger charge is 2.07. The van der Waals surface area contributed by atoms with Gasteiger partial charge < -0.3 is 15.5 Å². The number of aryl methyl sites for hydroxylation is 2. The Morgan fingerprint density at radius 1 is 1.04 bits per heavy atom. The monoisotopic (exact) mass is 325 g/mol. The van der Waals surface area contributed by atoms with Crippen LogP contribution in [0.25, 0.3) is 0 Å². The second kappa shape index (κ2) is 7.64. The van der Waals surface area contributed by atoms with Crippen LogP contribution in [0.2, 0.25) is 0 Å². The molecule has 2 aromatic carbocycles. The maximum atomic E-state index is 12.1. The number of anilines is 3. The number of amides is 2. The van der Waals surface area contributed by atoms with Crippen LogP contribution in [0.15, 0.2) is 42.5 Å². The standard InChI is InChI=1S/C19H23N3O2/c1-13-5-10-18(14(2)11-13)21-19(24)12-20-16-6-8-17(9-7-16)22(4)15(3)23/h5-11,20H,12H2,1-4H3,(H,21,24). The Bertz CT molecular complexity index is 739. The molecule has 0 spiro atoms. The summed E-state index contributed by atoms with van der Waals surface area (Å²) in [5.74, 6) is -0.129. The van der Waals surface area contributed by atoms with Gasteiger partial charge in [-0.25, -0.2) is 0 Å². The van der Waals surface area contributed by atoms with E-state index >= 15 is 0 Å². The van der Waals surface area contributed by atoms with Gasteiger partial charge in [-0.05, 0) is 49.7 Å². The fraction of sp³-hybridized carbons (Fsp3) is 0.263. The van der Waals surface area contributed by atoms with E-state index < -0.39 is 0 Å².